The molecule has 352 valence electrons. The van der Waals surface area contributed by atoms with Gasteiger partial charge in [-0.15, -0.1) is 0 Å². The van der Waals surface area contributed by atoms with Gasteiger partial charge in [-0.3, -0.25) is 14.4 Å². The standard InChI is InChI=1S/C56H92O6/c1-4-7-10-13-16-19-22-24-26-27-28-29-31-32-34-37-40-43-46-49-55(58)61-52-53(51-60-54(57)48-45-42-39-36-21-18-15-12-9-6-3)62-56(59)50-47-44-41-38-35-33-30-25-23-20-17-14-11-8-5-2/h7,10,16-17,19-20,24-26,28-30,32,34,40,43,53H,4-6,8-9,11-15,18,21-23,27,31,33,35-39,41-42,44-52H2,1-3H3/b10-7-,19-16-,20-17-,26-24-,29-28-,30-25-,34-32-,43-40-. The average molecular weight is 861 g/mol. The summed E-state index contributed by atoms with van der Waals surface area (Å²) in [6, 6.07) is 0. The minimum absolute atomic E-state index is 0.106. The number of hydrogen-bond donors (Lipinski definition) is 0. The molecule has 6 heteroatoms. The first kappa shape index (κ1) is 58.3. The Balaban J connectivity index is 4.51. The third-order valence-electron chi connectivity index (χ3n) is 10.3. The Hall–Kier alpha value is -3.67. The average Bonchev–Trinajstić information content (AvgIpc) is 3.27. The highest BCUT2D eigenvalue weighted by Crippen LogP contribution is 2.13. The maximum atomic E-state index is 12.8. The summed E-state index contributed by atoms with van der Waals surface area (Å²) in [6.45, 7) is 6.39. The molecule has 0 aliphatic heterocycles. The summed E-state index contributed by atoms with van der Waals surface area (Å²) in [5.41, 5.74) is 0. The zero-order chi connectivity index (χ0) is 45.1. The van der Waals surface area contributed by atoms with Crippen molar-refractivity contribution >= 4 is 17.9 Å². The lowest BCUT2D eigenvalue weighted by molar-refractivity contribution is -0.166. The smallest absolute Gasteiger partial charge is 0.306 e. The van der Waals surface area contributed by atoms with Crippen molar-refractivity contribution in [3.8, 4) is 0 Å². The molecule has 0 heterocycles. The number of rotatable bonds is 44. The van der Waals surface area contributed by atoms with Crippen molar-refractivity contribution in [2.24, 2.45) is 0 Å². The van der Waals surface area contributed by atoms with Gasteiger partial charge in [0.1, 0.15) is 13.2 Å². The predicted octanol–water partition coefficient (Wildman–Crippen LogP) is 16.6. The van der Waals surface area contributed by atoms with E-state index in [-0.39, 0.29) is 37.5 Å². The highest BCUT2D eigenvalue weighted by atomic mass is 16.6. The van der Waals surface area contributed by atoms with Crippen LogP contribution < -0.4 is 0 Å². The van der Waals surface area contributed by atoms with E-state index in [4.69, 9.17) is 14.2 Å². The van der Waals surface area contributed by atoms with Gasteiger partial charge in [-0.25, -0.2) is 0 Å². The van der Waals surface area contributed by atoms with Gasteiger partial charge in [-0.2, -0.15) is 0 Å². The maximum Gasteiger partial charge on any atom is 0.306 e. The van der Waals surface area contributed by atoms with Gasteiger partial charge in [0.2, 0.25) is 0 Å². The molecule has 1 unspecified atom stereocenters. The zero-order valence-corrected chi connectivity index (χ0v) is 40.1. The van der Waals surface area contributed by atoms with Crippen molar-refractivity contribution in [2.45, 2.75) is 226 Å². The molecule has 0 aromatic rings. The Morgan fingerprint density at radius 2 is 0.661 bits per heavy atom. The van der Waals surface area contributed by atoms with Crippen molar-refractivity contribution in [3.63, 3.8) is 0 Å². The molecular formula is C56H92O6. The maximum absolute atomic E-state index is 12.8. The molecule has 62 heavy (non-hydrogen) atoms. The number of hydrogen-bond acceptors (Lipinski definition) is 6. The molecule has 0 spiro atoms. The Labute approximate surface area is 381 Å². The number of carbonyl (C=O) groups is 3. The van der Waals surface area contributed by atoms with E-state index in [0.717, 1.165) is 103 Å². The first-order valence-electron chi connectivity index (χ1n) is 25.2. The van der Waals surface area contributed by atoms with Crippen LogP contribution in [0.15, 0.2) is 97.2 Å². The molecule has 0 aliphatic rings. The summed E-state index contributed by atoms with van der Waals surface area (Å²) in [6.07, 6.45) is 65.4. The highest BCUT2D eigenvalue weighted by Gasteiger charge is 2.19. The van der Waals surface area contributed by atoms with Gasteiger partial charge in [0.05, 0.1) is 0 Å². The largest absolute Gasteiger partial charge is 0.462 e. The molecule has 0 fully saturated rings. The van der Waals surface area contributed by atoms with Gasteiger partial charge < -0.3 is 14.2 Å². The summed E-state index contributed by atoms with van der Waals surface area (Å²) in [7, 11) is 0. The van der Waals surface area contributed by atoms with Gasteiger partial charge in [0.15, 0.2) is 6.10 Å². The Bertz CT molecular complexity index is 1260. The lowest BCUT2D eigenvalue weighted by Crippen LogP contribution is -2.30. The van der Waals surface area contributed by atoms with Crippen LogP contribution in [0.3, 0.4) is 0 Å². The third kappa shape index (κ3) is 47.4. The lowest BCUT2D eigenvalue weighted by Gasteiger charge is -2.18. The van der Waals surface area contributed by atoms with E-state index in [1.807, 2.05) is 12.2 Å². The monoisotopic (exact) mass is 861 g/mol. The highest BCUT2D eigenvalue weighted by molar-refractivity contribution is 5.71. The topological polar surface area (TPSA) is 78.9 Å². The number of carbonyl (C=O) groups excluding carboxylic acids is 3. The first-order valence-corrected chi connectivity index (χ1v) is 25.2. The second-order valence-corrected chi connectivity index (χ2v) is 16.3. The summed E-state index contributed by atoms with van der Waals surface area (Å²) in [5.74, 6) is -1.01. The molecule has 6 nitrogen and oxygen atoms in total. The van der Waals surface area contributed by atoms with E-state index < -0.39 is 6.10 Å². The van der Waals surface area contributed by atoms with Gasteiger partial charge in [0, 0.05) is 19.3 Å². The van der Waals surface area contributed by atoms with Crippen LogP contribution in [0, 0.1) is 0 Å². The van der Waals surface area contributed by atoms with Gasteiger partial charge in [-0.1, -0.05) is 208 Å². The Morgan fingerprint density at radius 1 is 0.339 bits per heavy atom. The molecule has 0 amide bonds. The van der Waals surface area contributed by atoms with Crippen molar-refractivity contribution < 1.29 is 28.6 Å². The molecule has 0 rings (SSSR count). The van der Waals surface area contributed by atoms with Gasteiger partial charge in [0.25, 0.3) is 0 Å². The number of allylic oxidation sites excluding steroid dienone is 16. The van der Waals surface area contributed by atoms with Crippen LogP contribution in [0.25, 0.3) is 0 Å². The number of ether oxygens (including phenoxy) is 3. The quantitative estimate of drug-likeness (QED) is 0.0263. The molecule has 0 saturated carbocycles. The Morgan fingerprint density at radius 3 is 1.11 bits per heavy atom. The first-order chi connectivity index (χ1) is 30.5. The summed E-state index contributed by atoms with van der Waals surface area (Å²) >= 11 is 0. The molecule has 0 radical (unpaired) electrons. The minimum atomic E-state index is -0.813. The molecule has 0 aromatic carbocycles. The van der Waals surface area contributed by atoms with Crippen LogP contribution in [0.2, 0.25) is 0 Å². The fourth-order valence-corrected chi connectivity index (χ4v) is 6.56. The van der Waals surface area contributed by atoms with Crippen LogP contribution in [0.5, 0.6) is 0 Å². The summed E-state index contributed by atoms with van der Waals surface area (Å²) in [4.78, 5) is 37.9. The van der Waals surface area contributed by atoms with E-state index >= 15 is 0 Å². The van der Waals surface area contributed by atoms with Crippen LogP contribution in [-0.4, -0.2) is 37.2 Å². The Kier molecular flexibility index (Phi) is 47.0. The van der Waals surface area contributed by atoms with Crippen LogP contribution in [0.4, 0.5) is 0 Å². The lowest BCUT2D eigenvalue weighted by atomic mass is 10.1. The van der Waals surface area contributed by atoms with Gasteiger partial charge in [-0.05, 0) is 89.9 Å². The van der Waals surface area contributed by atoms with Crippen molar-refractivity contribution in [1.29, 1.82) is 0 Å². The van der Waals surface area contributed by atoms with Crippen LogP contribution in [0.1, 0.15) is 220 Å². The predicted molar refractivity (Wildman–Crippen MR) is 265 cm³/mol. The molecule has 1 atom stereocenters. The zero-order valence-electron chi connectivity index (χ0n) is 40.1. The van der Waals surface area contributed by atoms with Crippen molar-refractivity contribution in [2.75, 3.05) is 13.2 Å². The summed E-state index contributed by atoms with van der Waals surface area (Å²) < 4.78 is 16.7. The summed E-state index contributed by atoms with van der Waals surface area (Å²) in [5, 5.41) is 0. The molecule has 0 N–H and O–H groups in total. The van der Waals surface area contributed by atoms with Crippen LogP contribution >= 0.6 is 0 Å². The fraction of sp³-hybridized carbons (Fsp3) is 0.661. The molecule has 0 bridgehead atoms. The van der Waals surface area contributed by atoms with E-state index in [9.17, 15) is 14.4 Å². The molecular weight excluding hydrogens is 769 g/mol. The van der Waals surface area contributed by atoms with E-state index in [1.165, 1.54) is 70.6 Å². The normalized spacial score (nSPS) is 12.9. The minimum Gasteiger partial charge on any atom is -0.462 e. The van der Waals surface area contributed by atoms with Crippen molar-refractivity contribution in [3.05, 3.63) is 97.2 Å². The second kappa shape index (κ2) is 50.0. The third-order valence-corrected chi connectivity index (χ3v) is 10.3. The second-order valence-electron chi connectivity index (χ2n) is 16.3. The molecule has 0 saturated heterocycles. The van der Waals surface area contributed by atoms with Gasteiger partial charge >= 0.3 is 17.9 Å². The number of esters is 3. The van der Waals surface area contributed by atoms with Crippen LogP contribution in [-0.2, 0) is 28.6 Å². The number of unbranched alkanes of at least 4 members (excludes halogenated alkanes) is 17. The van der Waals surface area contributed by atoms with E-state index in [1.54, 1.807) is 0 Å². The van der Waals surface area contributed by atoms with E-state index in [2.05, 4.69) is 106 Å². The van der Waals surface area contributed by atoms with Crippen molar-refractivity contribution in [1.82, 2.24) is 0 Å². The SMILES string of the molecule is CC/C=C\C/C=C\C/C=C\C/C=C\C/C=C\C/C=C\CCC(=O)OCC(COC(=O)CCCCCCCCCCCC)OC(=O)CCCCCCC/C=C\C/C=C\CCCCC. The fourth-order valence-electron chi connectivity index (χ4n) is 6.56. The molecule has 0 aromatic heterocycles. The molecule has 0 aliphatic carbocycles. The van der Waals surface area contributed by atoms with E-state index in [0.29, 0.717) is 19.3 Å².